The van der Waals surface area contributed by atoms with Crippen molar-refractivity contribution in [3.63, 3.8) is 0 Å². The van der Waals surface area contributed by atoms with Gasteiger partial charge in [-0.2, -0.15) is 4.98 Å². The average molecular weight is 408 g/mol. The first-order valence-corrected chi connectivity index (χ1v) is 10.2. The van der Waals surface area contributed by atoms with Gasteiger partial charge < -0.3 is 4.52 Å². The van der Waals surface area contributed by atoms with Gasteiger partial charge in [-0.15, -0.1) is 10.2 Å². The van der Waals surface area contributed by atoms with Crippen LogP contribution in [-0.2, 0) is 0 Å². The highest BCUT2D eigenvalue weighted by atomic mass is 32.2. The highest BCUT2D eigenvalue weighted by molar-refractivity contribution is 7.99. The lowest BCUT2D eigenvalue weighted by Crippen LogP contribution is -2.01. The van der Waals surface area contributed by atoms with Crippen molar-refractivity contribution in [1.29, 1.82) is 0 Å². The summed E-state index contributed by atoms with van der Waals surface area (Å²) in [5.41, 5.74) is 1.55. The van der Waals surface area contributed by atoms with Gasteiger partial charge in [-0.05, 0) is 50.1 Å². The second kappa shape index (κ2) is 7.40. The Bertz CT molecular complexity index is 1140. The van der Waals surface area contributed by atoms with E-state index >= 15 is 0 Å². The number of hydrogen-bond acceptors (Lipinski definition) is 7. The van der Waals surface area contributed by atoms with E-state index in [4.69, 9.17) is 4.52 Å². The van der Waals surface area contributed by atoms with Crippen molar-refractivity contribution in [1.82, 2.24) is 29.9 Å². The van der Waals surface area contributed by atoms with Crippen molar-refractivity contribution in [3.05, 3.63) is 60.4 Å². The Kier molecular flexibility index (Phi) is 4.59. The van der Waals surface area contributed by atoms with Crippen molar-refractivity contribution < 1.29 is 8.91 Å². The quantitative estimate of drug-likeness (QED) is 0.427. The summed E-state index contributed by atoms with van der Waals surface area (Å²) < 4.78 is 21.0. The summed E-state index contributed by atoms with van der Waals surface area (Å²) in [4.78, 5) is 8.52. The maximum Gasteiger partial charge on any atom is 0.258 e. The third-order valence-corrected chi connectivity index (χ3v) is 5.73. The zero-order valence-electron chi connectivity index (χ0n) is 15.6. The van der Waals surface area contributed by atoms with Crippen molar-refractivity contribution in [2.45, 2.75) is 36.2 Å². The molecule has 1 aliphatic carbocycles. The number of hydrogen-bond donors (Lipinski definition) is 0. The van der Waals surface area contributed by atoms with E-state index in [1.54, 1.807) is 24.5 Å². The van der Waals surface area contributed by atoms with Crippen LogP contribution in [0.2, 0.25) is 0 Å². The topological polar surface area (TPSA) is 82.5 Å². The fraction of sp³-hybridized carbons (Fsp3) is 0.250. The van der Waals surface area contributed by atoms with Gasteiger partial charge in [-0.25, -0.2) is 4.39 Å². The summed E-state index contributed by atoms with van der Waals surface area (Å²) in [6, 6.07) is 10.4. The van der Waals surface area contributed by atoms with Gasteiger partial charge in [0.15, 0.2) is 16.8 Å². The molecule has 0 radical (unpaired) electrons. The molecule has 1 fully saturated rings. The van der Waals surface area contributed by atoms with Crippen LogP contribution >= 0.6 is 11.8 Å². The summed E-state index contributed by atoms with van der Waals surface area (Å²) in [6.07, 6.45) is 5.74. The number of aromatic nitrogens is 6. The first-order chi connectivity index (χ1) is 14.2. The second-order valence-electron chi connectivity index (χ2n) is 6.87. The van der Waals surface area contributed by atoms with Gasteiger partial charge in [0.25, 0.3) is 5.89 Å². The molecule has 0 bridgehead atoms. The van der Waals surface area contributed by atoms with Crippen LogP contribution in [0, 0.1) is 5.82 Å². The van der Waals surface area contributed by atoms with E-state index in [0.29, 0.717) is 23.3 Å². The molecule has 9 heteroatoms. The second-order valence-corrected chi connectivity index (χ2v) is 8.18. The summed E-state index contributed by atoms with van der Waals surface area (Å²) in [6.45, 7) is 1.99. The number of benzene rings is 1. The van der Waals surface area contributed by atoms with Gasteiger partial charge in [0, 0.05) is 29.6 Å². The standard InChI is InChI=1S/C20H17FN6OS/c1-12(17-23-19(28-26-17)14-3-2-4-15(21)11-14)29-20-25-24-18(27(20)16-5-6-16)13-7-9-22-10-8-13/h2-4,7-12,16H,5-6H2,1H3. The molecule has 0 amide bonds. The lowest BCUT2D eigenvalue weighted by atomic mass is 10.2. The maximum absolute atomic E-state index is 13.5. The van der Waals surface area contributed by atoms with Crippen molar-refractivity contribution in [2.24, 2.45) is 0 Å². The fourth-order valence-electron chi connectivity index (χ4n) is 3.07. The SMILES string of the molecule is CC(Sc1nnc(-c2ccncc2)n1C1CC1)c1noc(-c2cccc(F)c2)n1. The van der Waals surface area contributed by atoms with Crippen LogP contribution in [0.25, 0.3) is 22.8 Å². The lowest BCUT2D eigenvalue weighted by molar-refractivity contribution is 0.422. The van der Waals surface area contributed by atoms with E-state index in [0.717, 1.165) is 29.4 Å². The molecule has 1 aromatic carbocycles. The Morgan fingerprint density at radius 3 is 2.72 bits per heavy atom. The number of rotatable bonds is 6. The normalized spacial score (nSPS) is 14.8. The molecule has 7 nitrogen and oxygen atoms in total. The highest BCUT2D eigenvalue weighted by Gasteiger charge is 2.31. The summed E-state index contributed by atoms with van der Waals surface area (Å²) in [5, 5.41) is 13.6. The molecule has 1 saturated carbocycles. The predicted molar refractivity (Wildman–Crippen MR) is 105 cm³/mol. The number of nitrogens with zero attached hydrogens (tertiary/aromatic N) is 6. The molecule has 1 atom stereocenters. The molecule has 29 heavy (non-hydrogen) atoms. The molecule has 3 aromatic heterocycles. The Balaban J connectivity index is 1.40. The van der Waals surface area contributed by atoms with Gasteiger partial charge in [0.1, 0.15) is 5.82 Å². The summed E-state index contributed by atoms with van der Waals surface area (Å²) in [7, 11) is 0. The van der Waals surface area contributed by atoms with E-state index in [1.165, 1.54) is 23.9 Å². The Hall–Kier alpha value is -3.07. The molecule has 146 valence electrons. The molecule has 4 aromatic rings. The Labute approximate surface area is 170 Å². The summed E-state index contributed by atoms with van der Waals surface area (Å²) in [5.74, 6) is 1.34. The Morgan fingerprint density at radius 2 is 1.97 bits per heavy atom. The molecule has 0 aliphatic heterocycles. The van der Waals surface area contributed by atoms with Crippen LogP contribution < -0.4 is 0 Å². The average Bonchev–Trinajstić information content (AvgIpc) is 3.29. The van der Waals surface area contributed by atoms with Crippen molar-refractivity contribution in [3.8, 4) is 22.8 Å². The van der Waals surface area contributed by atoms with Crippen molar-refractivity contribution >= 4 is 11.8 Å². The molecular weight excluding hydrogens is 391 g/mol. The van der Waals surface area contributed by atoms with Crippen LogP contribution in [0.4, 0.5) is 4.39 Å². The van der Waals surface area contributed by atoms with Gasteiger partial charge in [-0.1, -0.05) is 23.0 Å². The van der Waals surface area contributed by atoms with Gasteiger partial charge in [0.05, 0.1) is 5.25 Å². The zero-order valence-corrected chi connectivity index (χ0v) is 16.4. The molecular formula is C20H17FN6OS. The Morgan fingerprint density at radius 1 is 1.14 bits per heavy atom. The predicted octanol–water partition coefficient (Wildman–Crippen LogP) is 4.72. The highest BCUT2D eigenvalue weighted by Crippen LogP contribution is 2.43. The zero-order chi connectivity index (χ0) is 19.8. The van der Waals surface area contributed by atoms with Crippen LogP contribution in [0.1, 0.15) is 36.9 Å². The van der Waals surface area contributed by atoms with Crippen LogP contribution in [-0.4, -0.2) is 29.9 Å². The number of pyridine rings is 1. The monoisotopic (exact) mass is 408 g/mol. The van der Waals surface area contributed by atoms with Crippen LogP contribution in [0.5, 0.6) is 0 Å². The fourth-order valence-corrected chi connectivity index (χ4v) is 4.02. The minimum absolute atomic E-state index is 0.104. The molecule has 0 saturated heterocycles. The first kappa shape index (κ1) is 18.0. The van der Waals surface area contributed by atoms with Gasteiger partial charge in [0.2, 0.25) is 0 Å². The molecule has 5 rings (SSSR count). The third kappa shape index (κ3) is 3.65. The maximum atomic E-state index is 13.5. The number of thioether (sulfide) groups is 1. The molecule has 1 aliphatic rings. The van der Waals surface area contributed by atoms with E-state index in [9.17, 15) is 4.39 Å². The van der Waals surface area contributed by atoms with E-state index < -0.39 is 0 Å². The van der Waals surface area contributed by atoms with Crippen LogP contribution in [0.3, 0.4) is 0 Å². The lowest BCUT2D eigenvalue weighted by Gasteiger charge is -2.10. The van der Waals surface area contributed by atoms with Gasteiger partial charge >= 0.3 is 0 Å². The van der Waals surface area contributed by atoms with Crippen LogP contribution in [0.15, 0.2) is 58.5 Å². The summed E-state index contributed by atoms with van der Waals surface area (Å²) >= 11 is 1.53. The molecule has 1 unspecified atom stereocenters. The molecule has 0 spiro atoms. The van der Waals surface area contributed by atoms with Crippen molar-refractivity contribution in [2.75, 3.05) is 0 Å². The minimum Gasteiger partial charge on any atom is -0.334 e. The largest absolute Gasteiger partial charge is 0.334 e. The van der Waals surface area contributed by atoms with E-state index in [1.807, 2.05) is 19.1 Å². The molecule has 3 heterocycles. The smallest absolute Gasteiger partial charge is 0.258 e. The van der Waals surface area contributed by atoms with E-state index in [-0.39, 0.29) is 11.1 Å². The molecule has 0 N–H and O–H groups in total. The van der Waals surface area contributed by atoms with Gasteiger partial charge in [-0.3, -0.25) is 9.55 Å². The first-order valence-electron chi connectivity index (χ1n) is 9.30. The third-order valence-electron chi connectivity index (χ3n) is 4.67. The number of halogens is 1. The van der Waals surface area contributed by atoms with E-state index in [2.05, 4.69) is 29.9 Å². The minimum atomic E-state index is -0.342.